The van der Waals surface area contributed by atoms with Gasteiger partial charge in [0.1, 0.15) is 5.75 Å². The molecule has 0 spiro atoms. The first-order valence-corrected chi connectivity index (χ1v) is 6.39. The average Bonchev–Trinajstić information content (AvgIpc) is 2.54. The van der Waals surface area contributed by atoms with Crippen LogP contribution in [-0.4, -0.2) is 22.9 Å². The molecule has 2 N–H and O–H groups in total. The van der Waals surface area contributed by atoms with Crippen LogP contribution in [0.3, 0.4) is 0 Å². The number of ether oxygens (including phenoxy) is 1. The molecule has 0 saturated carbocycles. The highest BCUT2D eigenvalue weighted by atomic mass is 16.5. The third-order valence-electron chi connectivity index (χ3n) is 2.67. The predicted octanol–water partition coefficient (Wildman–Crippen LogP) is 1.31. The smallest absolute Gasteiger partial charge is 0.279 e. The molecule has 0 bridgehead atoms. The third kappa shape index (κ3) is 4.31. The van der Waals surface area contributed by atoms with E-state index in [-0.39, 0.29) is 0 Å². The van der Waals surface area contributed by atoms with E-state index in [1.165, 1.54) is 12.4 Å². The number of carbonyl (C=O) groups is 2. The summed E-state index contributed by atoms with van der Waals surface area (Å²) >= 11 is 0. The maximum absolute atomic E-state index is 11.8. The van der Waals surface area contributed by atoms with Gasteiger partial charge in [-0.05, 0) is 31.2 Å². The lowest BCUT2D eigenvalue weighted by molar-refractivity contribution is -0.128. The minimum atomic E-state index is -0.731. The number of nitrogens with zero attached hydrogens (tertiary/aromatic N) is 1. The van der Waals surface area contributed by atoms with Gasteiger partial charge in [0, 0.05) is 18.0 Å². The first-order chi connectivity index (χ1) is 10.2. The Morgan fingerprint density at radius 2 is 1.71 bits per heavy atom. The zero-order valence-corrected chi connectivity index (χ0v) is 11.4. The molecule has 0 unspecified atom stereocenters. The Labute approximate surface area is 122 Å². The molecule has 0 aliphatic rings. The fraction of sp³-hybridized carbons (Fsp3) is 0.133. The lowest BCUT2D eigenvalue weighted by Crippen LogP contribution is -2.47. The minimum Gasteiger partial charge on any atom is -0.481 e. The molecule has 2 rings (SSSR count). The summed E-state index contributed by atoms with van der Waals surface area (Å²) in [6, 6.07) is 12.1. The Kier molecular flexibility index (Phi) is 4.87. The summed E-state index contributed by atoms with van der Waals surface area (Å²) < 4.78 is 5.44. The summed E-state index contributed by atoms with van der Waals surface area (Å²) in [5.74, 6) is -0.278. The van der Waals surface area contributed by atoms with Gasteiger partial charge in [0.25, 0.3) is 11.8 Å². The summed E-state index contributed by atoms with van der Waals surface area (Å²) in [7, 11) is 0. The second-order valence-corrected chi connectivity index (χ2v) is 4.25. The number of aromatic nitrogens is 1. The number of carbonyl (C=O) groups excluding carboxylic acids is 2. The van der Waals surface area contributed by atoms with E-state index >= 15 is 0 Å². The first kappa shape index (κ1) is 14.5. The molecule has 2 amide bonds. The number of amides is 2. The molecule has 0 radical (unpaired) electrons. The van der Waals surface area contributed by atoms with Gasteiger partial charge < -0.3 is 4.74 Å². The molecular weight excluding hydrogens is 270 g/mol. The number of para-hydroxylation sites is 1. The van der Waals surface area contributed by atoms with E-state index < -0.39 is 17.9 Å². The highest BCUT2D eigenvalue weighted by Gasteiger charge is 2.15. The largest absolute Gasteiger partial charge is 0.481 e. The van der Waals surface area contributed by atoms with E-state index in [2.05, 4.69) is 15.8 Å². The Bertz CT molecular complexity index is 602. The predicted molar refractivity (Wildman–Crippen MR) is 76.4 cm³/mol. The van der Waals surface area contributed by atoms with Crippen molar-refractivity contribution in [2.75, 3.05) is 0 Å². The maximum Gasteiger partial charge on any atom is 0.279 e. The fourth-order valence-electron chi connectivity index (χ4n) is 1.55. The molecule has 0 aliphatic carbocycles. The molecule has 108 valence electrons. The van der Waals surface area contributed by atoms with Crippen LogP contribution in [0.5, 0.6) is 5.75 Å². The number of hydrogen-bond donors (Lipinski definition) is 2. The number of pyridine rings is 1. The van der Waals surface area contributed by atoms with E-state index in [0.717, 1.165) is 0 Å². The third-order valence-corrected chi connectivity index (χ3v) is 2.67. The van der Waals surface area contributed by atoms with Crippen LogP contribution < -0.4 is 15.6 Å². The second-order valence-electron chi connectivity index (χ2n) is 4.25. The van der Waals surface area contributed by atoms with Gasteiger partial charge >= 0.3 is 0 Å². The molecular formula is C15H15N3O3. The highest BCUT2D eigenvalue weighted by Crippen LogP contribution is 2.10. The van der Waals surface area contributed by atoms with Gasteiger partial charge in [-0.1, -0.05) is 18.2 Å². The van der Waals surface area contributed by atoms with Crippen molar-refractivity contribution in [3.05, 3.63) is 60.4 Å². The van der Waals surface area contributed by atoms with Crippen molar-refractivity contribution < 1.29 is 14.3 Å². The van der Waals surface area contributed by atoms with E-state index in [0.29, 0.717) is 11.3 Å². The SMILES string of the molecule is C[C@H](Oc1ccccc1)C(=O)NNC(=O)c1ccncc1. The first-order valence-electron chi connectivity index (χ1n) is 6.39. The molecule has 0 fully saturated rings. The monoisotopic (exact) mass is 285 g/mol. The molecule has 1 atom stereocenters. The lowest BCUT2D eigenvalue weighted by atomic mass is 10.2. The lowest BCUT2D eigenvalue weighted by Gasteiger charge is -2.15. The number of nitrogens with one attached hydrogen (secondary N) is 2. The van der Waals surface area contributed by atoms with Gasteiger partial charge in [-0.15, -0.1) is 0 Å². The molecule has 1 aromatic heterocycles. The van der Waals surface area contributed by atoms with E-state index in [1.54, 1.807) is 31.2 Å². The Balaban J connectivity index is 1.83. The van der Waals surface area contributed by atoms with Crippen LogP contribution in [0.1, 0.15) is 17.3 Å². The molecule has 6 heteroatoms. The van der Waals surface area contributed by atoms with Crippen LogP contribution in [0.4, 0.5) is 0 Å². The van der Waals surface area contributed by atoms with Gasteiger partial charge in [0.05, 0.1) is 0 Å². The Hall–Kier alpha value is -2.89. The molecule has 1 aromatic carbocycles. The van der Waals surface area contributed by atoms with Gasteiger partial charge in [-0.2, -0.15) is 0 Å². The fourth-order valence-corrected chi connectivity index (χ4v) is 1.55. The van der Waals surface area contributed by atoms with Crippen molar-refractivity contribution in [1.82, 2.24) is 15.8 Å². The van der Waals surface area contributed by atoms with Crippen molar-refractivity contribution >= 4 is 11.8 Å². The maximum atomic E-state index is 11.8. The van der Waals surface area contributed by atoms with E-state index in [1.807, 2.05) is 18.2 Å². The number of hydrazine groups is 1. The molecule has 0 aliphatic heterocycles. The average molecular weight is 285 g/mol. The zero-order valence-electron chi connectivity index (χ0n) is 11.4. The van der Waals surface area contributed by atoms with Crippen molar-refractivity contribution in [3.63, 3.8) is 0 Å². The quantitative estimate of drug-likeness (QED) is 0.830. The Morgan fingerprint density at radius 1 is 1.05 bits per heavy atom. The number of hydrogen-bond acceptors (Lipinski definition) is 4. The standard InChI is InChI=1S/C15H15N3O3/c1-11(21-13-5-3-2-4-6-13)14(19)17-18-15(20)12-7-9-16-10-8-12/h2-11H,1H3,(H,17,19)(H,18,20)/t11-/m0/s1. The second kappa shape index (κ2) is 7.04. The minimum absolute atomic E-state index is 0.405. The molecule has 2 aromatic rings. The van der Waals surface area contributed by atoms with Gasteiger partial charge in [-0.25, -0.2) is 0 Å². The normalized spacial score (nSPS) is 11.3. The summed E-state index contributed by atoms with van der Waals surface area (Å²) in [5.41, 5.74) is 5.04. The summed E-state index contributed by atoms with van der Waals surface area (Å²) in [6.07, 6.45) is 2.26. The van der Waals surface area contributed by atoms with Crippen LogP contribution in [0.15, 0.2) is 54.9 Å². The van der Waals surface area contributed by atoms with Gasteiger partial charge in [0.15, 0.2) is 6.10 Å². The summed E-state index contributed by atoms with van der Waals surface area (Å²) in [4.78, 5) is 27.4. The van der Waals surface area contributed by atoms with Crippen LogP contribution in [-0.2, 0) is 4.79 Å². The van der Waals surface area contributed by atoms with Crippen LogP contribution >= 0.6 is 0 Å². The molecule has 1 heterocycles. The summed E-state index contributed by atoms with van der Waals surface area (Å²) in [6.45, 7) is 1.60. The van der Waals surface area contributed by atoms with Crippen LogP contribution in [0.2, 0.25) is 0 Å². The van der Waals surface area contributed by atoms with E-state index in [4.69, 9.17) is 4.74 Å². The highest BCUT2D eigenvalue weighted by molar-refractivity contribution is 5.95. The van der Waals surface area contributed by atoms with Crippen molar-refractivity contribution in [2.45, 2.75) is 13.0 Å². The van der Waals surface area contributed by atoms with E-state index in [9.17, 15) is 9.59 Å². The number of rotatable bonds is 4. The molecule has 21 heavy (non-hydrogen) atoms. The zero-order chi connectivity index (χ0) is 15.1. The van der Waals surface area contributed by atoms with Crippen LogP contribution in [0, 0.1) is 0 Å². The van der Waals surface area contributed by atoms with Crippen molar-refractivity contribution in [3.8, 4) is 5.75 Å². The van der Waals surface area contributed by atoms with Crippen molar-refractivity contribution in [1.29, 1.82) is 0 Å². The van der Waals surface area contributed by atoms with Crippen molar-refractivity contribution in [2.24, 2.45) is 0 Å². The topological polar surface area (TPSA) is 80.3 Å². The van der Waals surface area contributed by atoms with Gasteiger partial charge in [0.2, 0.25) is 0 Å². The molecule has 6 nitrogen and oxygen atoms in total. The van der Waals surface area contributed by atoms with Gasteiger partial charge in [-0.3, -0.25) is 25.4 Å². The molecule has 0 saturated heterocycles. The van der Waals surface area contributed by atoms with Crippen LogP contribution in [0.25, 0.3) is 0 Å². The Morgan fingerprint density at radius 3 is 2.38 bits per heavy atom. The summed E-state index contributed by atoms with van der Waals surface area (Å²) in [5, 5.41) is 0. The number of benzene rings is 1.